The molecule has 0 bridgehead atoms. The molecule has 1 heterocycles. The van der Waals surface area contributed by atoms with Crippen LogP contribution in [0.2, 0.25) is 0 Å². The normalized spacial score (nSPS) is 15.0. The maximum atomic E-state index is 11.6. The third-order valence-corrected chi connectivity index (χ3v) is 3.46. The highest BCUT2D eigenvalue weighted by Gasteiger charge is 2.06. The standard InChI is InChI=1S/C10H16N2OS/c1-2-10(11)8-14(13)7-9-3-5-12-6-4-9/h3-6,10H,2,7-8,11H2,1H3. The molecule has 0 aliphatic rings. The molecular formula is C10H16N2OS. The van der Waals surface area contributed by atoms with Crippen molar-refractivity contribution >= 4 is 10.8 Å². The first-order valence-electron chi connectivity index (χ1n) is 4.71. The lowest BCUT2D eigenvalue weighted by atomic mass is 10.3. The van der Waals surface area contributed by atoms with Gasteiger partial charge in [0, 0.05) is 40.7 Å². The molecule has 1 rings (SSSR count). The first-order chi connectivity index (χ1) is 6.72. The molecule has 2 atom stereocenters. The minimum Gasteiger partial charge on any atom is -0.327 e. The second kappa shape index (κ2) is 5.88. The molecule has 78 valence electrons. The molecule has 0 spiro atoms. The number of aromatic nitrogens is 1. The van der Waals surface area contributed by atoms with Crippen molar-refractivity contribution in [3.8, 4) is 0 Å². The highest BCUT2D eigenvalue weighted by Crippen LogP contribution is 2.02. The average Bonchev–Trinajstić information content (AvgIpc) is 2.19. The number of nitrogens with zero attached hydrogens (tertiary/aromatic N) is 1. The van der Waals surface area contributed by atoms with Gasteiger partial charge in [-0.3, -0.25) is 9.19 Å². The van der Waals surface area contributed by atoms with Gasteiger partial charge < -0.3 is 5.73 Å². The average molecular weight is 212 g/mol. The molecule has 3 nitrogen and oxygen atoms in total. The lowest BCUT2D eigenvalue weighted by Crippen LogP contribution is -2.26. The van der Waals surface area contributed by atoms with E-state index in [1.54, 1.807) is 12.4 Å². The van der Waals surface area contributed by atoms with Gasteiger partial charge >= 0.3 is 0 Å². The highest BCUT2D eigenvalue weighted by atomic mass is 32.2. The number of hydrogen-bond acceptors (Lipinski definition) is 3. The zero-order valence-electron chi connectivity index (χ0n) is 8.35. The molecule has 4 heteroatoms. The summed E-state index contributed by atoms with van der Waals surface area (Å²) in [7, 11) is -0.854. The Hall–Kier alpha value is -0.740. The van der Waals surface area contributed by atoms with Crippen LogP contribution in [0.4, 0.5) is 0 Å². The monoisotopic (exact) mass is 212 g/mol. The third kappa shape index (κ3) is 3.98. The second-order valence-electron chi connectivity index (χ2n) is 3.27. The van der Waals surface area contributed by atoms with Crippen molar-refractivity contribution in [2.75, 3.05) is 5.75 Å². The van der Waals surface area contributed by atoms with Gasteiger partial charge in [-0.05, 0) is 24.1 Å². The minimum atomic E-state index is -0.854. The number of nitrogens with two attached hydrogens (primary N) is 1. The molecule has 14 heavy (non-hydrogen) atoms. The van der Waals surface area contributed by atoms with E-state index in [-0.39, 0.29) is 6.04 Å². The van der Waals surface area contributed by atoms with Crippen molar-refractivity contribution in [3.05, 3.63) is 30.1 Å². The molecular weight excluding hydrogens is 196 g/mol. The van der Waals surface area contributed by atoms with Gasteiger partial charge in [-0.1, -0.05) is 6.92 Å². The van der Waals surface area contributed by atoms with Crippen molar-refractivity contribution < 1.29 is 4.21 Å². The van der Waals surface area contributed by atoms with E-state index in [9.17, 15) is 4.21 Å². The molecule has 0 radical (unpaired) electrons. The summed E-state index contributed by atoms with van der Waals surface area (Å²) in [6.07, 6.45) is 4.31. The Bertz CT molecular complexity index is 289. The predicted octanol–water partition coefficient (Wildman–Crippen LogP) is 1.07. The van der Waals surface area contributed by atoms with Gasteiger partial charge in [-0.25, -0.2) is 0 Å². The predicted molar refractivity (Wildman–Crippen MR) is 59.2 cm³/mol. The summed E-state index contributed by atoms with van der Waals surface area (Å²) >= 11 is 0. The molecule has 0 aliphatic heterocycles. The van der Waals surface area contributed by atoms with Crippen LogP contribution in [0.3, 0.4) is 0 Å². The van der Waals surface area contributed by atoms with E-state index < -0.39 is 10.8 Å². The van der Waals surface area contributed by atoms with Crippen LogP contribution >= 0.6 is 0 Å². The van der Waals surface area contributed by atoms with E-state index in [0.29, 0.717) is 11.5 Å². The Morgan fingerprint density at radius 1 is 1.50 bits per heavy atom. The van der Waals surface area contributed by atoms with Gasteiger partial charge in [0.05, 0.1) is 0 Å². The molecule has 0 fully saturated rings. The van der Waals surface area contributed by atoms with Crippen LogP contribution in [-0.2, 0) is 16.6 Å². The summed E-state index contributed by atoms with van der Waals surface area (Å²) in [5.41, 5.74) is 6.78. The van der Waals surface area contributed by atoms with E-state index in [0.717, 1.165) is 12.0 Å². The number of hydrogen-bond donors (Lipinski definition) is 1. The zero-order chi connectivity index (χ0) is 10.4. The van der Waals surface area contributed by atoms with E-state index in [4.69, 9.17) is 5.73 Å². The van der Waals surface area contributed by atoms with Crippen LogP contribution in [0.15, 0.2) is 24.5 Å². The lowest BCUT2D eigenvalue weighted by molar-refractivity contribution is 0.663. The Kier molecular flexibility index (Phi) is 4.76. The summed E-state index contributed by atoms with van der Waals surface area (Å²) < 4.78 is 11.6. The van der Waals surface area contributed by atoms with Crippen LogP contribution in [0.5, 0.6) is 0 Å². The molecule has 0 aromatic carbocycles. The Balaban J connectivity index is 2.42. The molecule has 0 aliphatic carbocycles. The lowest BCUT2D eigenvalue weighted by Gasteiger charge is -2.07. The number of pyridine rings is 1. The topological polar surface area (TPSA) is 56.0 Å². The smallest absolute Gasteiger partial charge is 0.0487 e. The van der Waals surface area contributed by atoms with Crippen LogP contribution in [0.1, 0.15) is 18.9 Å². The largest absolute Gasteiger partial charge is 0.327 e. The summed E-state index contributed by atoms with van der Waals surface area (Å²) in [5.74, 6) is 1.16. The summed E-state index contributed by atoms with van der Waals surface area (Å²) in [5, 5.41) is 0. The Morgan fingerprint density at radius 3 is 2.71 bits per heavy atom. The quantitative estimate of drug-likeness (QED) is 0.794. The molecule has 0 amide bonds. The van der Waals surface area contributed by atoms with Crippen molar-refractivity contribution in [3.63, 3.8) is 0 Å². The molecule has 2 N–H and O–H groups in total. The van der Waals surface area contributed by atoms with Crippen molar-refractivity contribution in [1.29, 1.82) is 0 Å². The van der Waals surface area contributed by atoms with Crippen molar-refractivity contribution in [1.82, 2.24) is 4.98 Å². The second-order valence-corrected chi connectivity index (χ2v) is 4.78. The van der Waals surface area contributed by atoms with E-state index >= 15 is 0 Å². The van der Waals surface area contributed by atoms with Crippen LogP contribution in [0.25, 0.3) is 0 Å². The van der Waals surface area contributed by atoms with Crippen LogP contribution < -0.4 is 5.73 Å². The molecule has 0 saturated heterocycles. The SMILES string of the molecule is CCC(N)CS(=O)Cc1ccncc1. The first kappa shape index (κ1) is 11.3. The van der Waals surface area contributed by atoms with Gasteiger partial charge in [-0.2, -0.15) is 0 Å². The Labute approximate surface area is 87.2 Å². The van der Waals surface area contributed by atoms with Gasteiger partial charge in [0.25, 0.3) is 0 Å². The van der Waals surface area contributed by atoms with Gasteiger partial charge in [0.2, 0.25) is 0 Å². The van der Waals surface area contributed by atoms with Crippen LogP contribution in [-0.4, -0.2) is 21.0 Å². The molecule has 0 saturated carbocycles. The Morgan fingerprint density at radius 2 is 2.14 bits per heavy atom. The summed E-state index contributed by atoms with van der Waals surface area (Å²) in [4.78, 5) is 3.91. The molecule has 1 aromatic rings. The zero-order valence-corrected chi connectivity index (χ0v) is 9.17. The van der Waals surface area contributed by atoms with E-state index in [1.807, 2.05) is 19.1 Å². The fourth-order valence-electron chi connectivity index (χ4n) is 1.08. The van der Waals surface area contributed by atoms with Crippen molar-refractivity contribution in [2.24, 2.45) is 5.73 Å². The summed E-state index contributed by atoms with van der Waals surface area (Å²) in [6.45, 7) is 2.01. The summed E-state index contributed by atoms with van der Waals surface area (Å²) in [6, 6.07) is 3.82. The maximum absolute atomic E-state index is 11.6. The minimum absolute atomic E-state index is 0.0534. The van der Waals surface area contributed by atoms with Crippen LogP contribution in [0, 0.1) is 0 Å². The van der Waals surface area contributed by atoms with E-state index in [1.165, 1.54) is 0 Å². The van der Waals surface area contributed by atoms with Gasteiger partial charge in [-0.15, -0.1) is 0 Å². The third-order valence-electron chi connectivity index (χ3n) is 2.00. The number of rotatable bonds is 5. The maximum Gasteiger partial charge on any atom is 0.0487 e. The van der Waals surface area contributed by atoms with Crippen molar-refractivity contribution in [2.45, 2.75) is 25.1 Å². The molecule has 1 aromatic heterocycles. The first-order valence-corrected chi connectivity index (χ1v) is 6.20. The highest BCUT2D eigenvalue weighted by molar-refractivity contribution is 7.84. The fraction of sp³-hybridized carbons (Fsp3) is 0.500. The fourth-order valence-corrected chi connectivity index (χ4v) is 2.48. The van der Waals surface area contributed by atoms with Gasteiger partial charge in [0.1, 0.15) is 0 Å². The van der Waals surface area contributed by atoms with E-state index in [2.05, 4.69) is 4.98 Å². The van der Waals surface area contributed by atoms with Gasteiger partial charge in [0.15, 0.2) is 0 Å². The molecule has 2 unspecified atom stereocenters.